The Hall–Kier alpha value is -2.70. The lowest BCUT2D eigenvalue weighted by atomic mass is 9.91. The van der Waals surface area contributed by atoms with Gasteiger partial charge in [-0.3, -0.25) is 9.59 Å². The minimum absolute atomic E-state index is 0.00859. The highest BCUT2D eigenvalue weighted by Gasteiger charge is 2.25. The van der Waals surface area contributed by atoms with E-state index in [0.29, 0.717) is 6.54 Å². The van der Waals surface area contributed by atoms with E-state index in [-0.39, 0.29) is 23.9 Å². The van der Waals surface area contributed by atoms with Gasteiger partial charge in [-0.2, -0.15) is 5.10 Å². The predicted molar refractivity (Wildman–Crippen MR) is 95.6 cm³/mol. The van der Waals surface area contributed by atoms with E-state index in [4.69, 9.17) is 0 Å². The maximum Gasteiger partial charge on any atom is 0.267 e. The van der Waals surface area contributed by atoms with Crippen molar-refractivity contribution in [1.29, 1.82) is 0 Å². The summed E-state index contributed by atoms with van der Waals surface area (Å²) in [4.78, 5) is 30.6. The third-order valence-corrected chi connectivity index (χ3v) is 4.57. The van der Waals surface area contributed by atoms with Crippen LogP contribution in [0.15, 0.2) is 35.3 Å². The fraction of sp³-hybridized carbons (Fsp3) is 0.444. The molecule has 7 heteroatoms. The quantitative estimate of drug-likeness (QED) is 0.909. The minimum atomic E-state index is -0.250. The Balaban J connectivity index is 1.71. The highest BCUT2D eigenvalue weighted by atomic mass is 16.2. The Kier molecular flexibility index (Phi) is 5.11. The molecule has 1 aliphatic rings. The smallest absolute Gasteiger partial charge is 0.267 e. The van der Waals surface area contributed by atoms with Crippen LogP contribution in [0.1, 0.15) is 30.0 Å². The zero-order chi connectivity index (χ0) is 17.8. The molecule has 0 aliphatic carbocycles. The number of pyridine rings is 1. The fourth-order valence-electron chi connectivity index (χ4n) is 3.21. The number of nitrogens with one attached hydrogen (secondary N) is 1. The van der Waals surface area contributed by atoms with Crippen LogP contribution in [0.25, 0.3) is 0 Å². The van der Waals surface area contributed by atoms with E-state index in [1.165, 1.54) is 16.3 Å². The van der Waals surface area contributed by atoms with E-state index in [1.54, 1.807) is 19.2 Å². The number of likely N-dealkylation sites (tertiary alicyclic amines) is 1. The number of aryl methyl sites for hydroxylation is 1. The van der Waals surface area contributed by atoms with Gasteiger partial charge < -0.3 is 10.2 Å². The van der Waals surface area contributed by atoms with Gasteiger partial charge in [0.1, 0.15) is 12.4 Å². The van der Waals surface area contributed by atoms with Crippen LogP contribution in [0.5, 0.6) is 0 Å². The van der Waals surface area contributed by atoms with Crippen molar-refractivity contribution < 1.29 is 4.79 Å². The van der Waals surface area contributed by atoms with Gasteiger partial charge in [0.05, 0.1) is 5.69 Å². The van der Waals surface area contributed by atoms with Crippen LogP contribution >= 0.6 is 0 Å². The van der Waals surface area contributed by atoms with Gasteiger partial charge in [0.25, 0.3) is 5.56 Å². The van der Waals surface area contributed by atoms with Crippen molar-refractivity contribution in [1.82, 2.24) is 19.7 Å². The third kappa shape index (κ3) is 4.04. The van der Waals surface area contributed by atoms with Crippen LogP contribution in [0.4, 0.5) is 5.82 Å². The van der Waals surface area contributed by atoms with Crippen molar-refractivity contribution in [2.45, 2.75) is 32.2 Å². The van der Waals surface area contributed by atoms with Crippen LogP contribution in [0.3, 0.4) is 0 Å². The molecule has 0 aromatic carbocycles. The molecule has 1 amide bonds. The molecule has 7 nitrogen and oxygen atoms in total. The average molecular weight is 341 g/mol. The molecule has 0 radical (unpaired) electrons. The lowest BCUT2D eigenvalue weighted by molar-refractivity contribution is -0.133. The van der Waals surface area contributed by atoms with Gasteiger partial charge in [0.2, 0.25) is 5.91 Å². The Morgan fingerprint density at radius 1 is 1.36 bits per heavy atom. The number of aromatic nitrogens is 3. The van der Waals surface area contributed by atoms with Gasteiger partial charge in [-0.1, -0.05) is 0 Å². The van der Waals surface area contributed by atoms with Crippen molar-refractivity contribution in [3.05, 3.63) is 52.1 Å². The topological polar surface area (TPSA) is 80.1 Å². The Labute approximate surface area is 146 Å². The zero-order valence-electron chi connectivity index (χ0n) is 14.6. The lowest BCUT2D eigenvalue weighted by Gasteiger charge is -2.33. The summed E-state index contributed by atoms with van der Waals surface area (Å²) in [5, 5.41) is 7.19. The number of carbonyl (C=O) groups excluding carboxylic acids is 1. The summed E-state index contributed by atoms with van der Waals surface area (Å²) in [6.45, 7) is 3.18. The maximum atomic E-state index is 12.6. The molecule has 2 aromatic rings. The molecule has 0 bridgehead atoms. The summed E-state index contributed by atoms with van der Waals surface area (Å²) in [5.41, 5.74) is 1.66. The van der Waals surface area contributed by atoms with Crippen molar-refractivity contribution in [3.63, 3.8) is 0 Å². The molecule has 25 heavy (non-hydrogen) atoms. The molecule has 1 fully saturated rings. The second-order valence-electron chi connectivity index (χ2n) is 6.37. The first-order valence-corrected chi connectivity index (χ1v) is 8.53. The molecular formula is C18H23N5O2. The molecule has 132 valence electrons. The number of hydrogen-bond acceptors (Lipinski definition) is 5. The summed E-state index contributed by atoms with van der Waals surface area (Å²) in [7, 11) is 1.84. The molecule has 1 N–H and O–H groups in total. The number of amides is 1. The number of nitrogens with zero attached hydrogens (tertiary/aromatic N) is 4. The lowest BCUT2D eigenvalue weighted by Crippen LogP contribution is -2.42. The van der Waals surface area contributed by atoms with Crippen LogP contribution in [-0.4, -0.2) is 45.7 Å². The molecule has 0 saturated carbocycles. The Morgan fingerprint density at radius 3 is 3.00 bits per heavy atom. The first kappa shape index (κ1) is 17.1. The van der Waals surface area contributed by atoms with Gasteiger partial charge >= 0.3 is 0 Å². The third-order valence-electron chi connectivity index (χ3n) is 4.57. The van der Waals surface area contributed by atoms with Crippen molar-refractivity contribution >= 4 is 11.7 Å². The predicted octanol–water partition coefficient (Wildman–Crippen LogP) is 1.39. The molecule has 3 rings (SSSR count). The Morgan fingerprint density at radius 2 is 2.20 bits per heavy atom. The van der Waals surface area contributed by atoms with E-state index >= 15 is 0 Å². The largest absolute Gasteiger partial charge is 0.373 e. The number of piperidine rings is 1. The second-order valence-corrected chi connectivity index (χ2v) is 6.37. The van der Waals surface area contributed by atoms with Gasteiger partial charge in [0.15, 0.2) is 0 Å². The molecule has 3 heterocycles. The van der Waals surface area contributed by atoms with Crippen LogP contribution in [0.2, 0.25) is 0 Å². The number of carbonyl (C=O) groups is 1. The fourth-order valence-corrected chi connectivity index (χ4v) is 3.21. The molecule has 1 atom stereocenters. The summed E-state index contributed by atoms with van der Waals surface area (Å²) < 4.78 is 1.24. The summed E-state index contributed by atoms with van der Waals surface area (Å²) in [6, 6.07) is 7.14. The molecular weight excluding hydrogens is 318 g/mol. The van der Waals surface area contributed by atoms with Crippen LogP contribution < -0.4 is 10.9 Å². The number of rotatable bonds is 4. The normalized spacial score (nSPS) is 17.4. The number of hydrogen-bond donors (Lipinski definition) is 1. The number of anilines is 1. The molecule has 1 aliphatic heterocycles. The van der Waals surface area contributed by atoms with Gasteiger partial charge in [0, 0.05) is 38.3 Å². The van der Waals surface area contributed by atoms with Crippen molar-refractivity contribution in [2.75, 3.05) is 25.5 Å². The highest BCUT2D eigenvalue weighted by Crippen LogP contribution is 2.27. The van der Waals surface area contributed by atoms with Crippen molar-refractivity contribution in [3.8, 4) is 0 Å². The van der Waals surface area contributed by atoms with Crippen LogP contribution in [-0.2, 0) is 11.3 Å². The summed E-state index contributed by atoms with van der Waals surface area (Å²) in [5.74, 6) is 1.05. The monoisotopic (exact) mass is 341 g/mol. The minimum Gasteiger partial charge on any atom is -0.373 e. The van der Waals surface area contributed by atoms with Gasteiger partial charge in [-0.25, -0.2) is 9.67 Å². The zero-order valence-corrected chi connectivity index (χ0v) is 14.6. The van der Waals surface area contributed by atoms with Crippen LogP contribution in [0, 0.1) is 6.92 Å². The van der Waals surface area contributed by atoms with Gasteiger partial charge in [-0.05, 0) is 43.5 Å². The summed E-state index contributed by atoms with van der Waals surface area (Å²) in [6.07, 6.45) is 3.78. The highest BCUT2D eigenvalue weighted by molar-refractivity contribution is 5.76. The van der Waals surface area contributed by atoms with E-state index in [2.05, 4.69) is 15.4 Å². The van der Waals surface area contributed by atoms with E-state index in [1.807, 2.05) is 24.1 Å². The molecule has 2 aromatic heterocycles. The maximum absolute atomic E-state index is 12.6. The van der Waals surface area contributed by atoms with E-state index < -0.39 is 0 Å². The van der Waals surface area contributed by atoms with Gasteiger partial charge in [-0.15, -0.1) is 0 Å². The van der Waals surface area contributed by atoms with Crippen molar-refractivity contribution in [2.24, 2.45) is 0 Å². The molecule has 0 unspecified atom stereocenters. The Bertz CT molecular complexity index is 817. The van der Waals surface area contributed by atoms with E-state index in [9.17, 15) is 9.59 Å². The molecule has 0 spiro atoms. The standard InChI is InChI=1S/C18H23N5O2/c1-13-5-6-17(24)23(21-13)12-18(25)22-9-3-4-15(11-22)14-7-8-20-16(10-14)19-2/h5-8,10,15H,3-4,9,11-12H2,1-2H3,(H,19,20)/t15-/m1/s1. The molecule has 1 saturated heterocycles. The second kappa shape index (κ2) is 7.46. The SMILES string of the molecule is CNc1cc([C@@H]2CCCN(C(=O)Cn3nc(C)ccc3=O)C2)ccn1. The van der Waals surface area contributed by atoms with E-state index in [0.717, 1.165) is 30.9 Å². The summed E-state index contributed by atoms with van der Waals surface area (Å²) >= 11 is 0. The first-order valence-electron chi connectivity index (χ1n) is 8.53. The average Bonchev–Trinajstić information content (AvgIpc) is 2.65. The first-order chi connectivity index (χ1) is 12.1.